The van der Waals surface area contributed by atoms with E-state index in [1.165, 1.54) is 5.56 Å². The molecule has 0 amide bonds. The van der Waals surface area contributed by atoms with E-state index in [4.69, 9.17) is 4.74 Å². The maximum atomic E-state index is 10.6. The van der Waals surface area contributed by atoms with Crippen molar-refractivity contribution in [1.82, 2.24) is 9.88 Å². The lowest BCUT2D eigenvalue weighted by molar-refractivity contribution is -0.107. The van der Waals surface area contributed by atoms with E-state index in [1.54, 1.807) is 6.20 Å². The summed E-state index contributed by atoms with van der Waals surface area (Å²) in [6, 6.07) is 14.1. The van der Waals surface area contributed by atoms with Crippen LogP contribution in [0.5, 0.6) is 5.75 Å². The third kappa shape index (κ3) is 4.39. The molecule has 1 fully saturated rings. The van der Waals surface area contributed by atoms with Crippen LogP contribution in [0.2, 0.25) is 0 Å². The van der Waals surface area contributed by atoms with Gasteiger partial charge in [-0.15, -0.1) is 0 Å². The topological polar surface area (TPSA) is 45.6 Å². The quantitative estimate of drug-likeness (QED) is 0.902. The van der Waals surface area contributed by atoms with E-state index >= 15 is 0 Å². The summed E-state index contributed by atoms with van der Waals surface area (Å²) < 4.78 is 5.87. The Morgan fingerprint density at radius 3 is 2.72 bits per heavy atom. The predicted octanol–water partition coefficient (Wildman–Crippen LogP) is 3.64. The second-order valence-electron chi connectivity index (χ2n) is 7.88. The van der Waals surface area contributed by atoms with Crippen molar-refractivity contribution in [2.45, 2.75) is 45.9 Å². The smallest absolute Gasteiger partial charge is 0.130 e. The van der Waals surface area contributed by atoms with Crippen molar-refractivity contribution < 1.29 is 9.84 Å². The molecule has 2 aromatic rings. The van der Waals surface area contributed by atoms with Crippen LogP contribution in [-0.2, 0) is 13.2 Å². The summed E-state index contributed by atoms with van der Waals surface area (Å²) in [6.45, 7) is 9.40. The number of pyridine rings is 1. The van der Waals surface area contributed by atoms with Gasteiger partial charge in [-0.2, -0.15) is 0 Å². The van der Waals surface area contributed by atoms with Gasteiger partial charge in [-0.3, -0.25) is 9.88 Å². The van der Waals surface area contributed by atoms with Crippen LogP contribution in [-0.4, -0.2) is 33.7 Å². The van der Waals surface area contributed by atoms with Gasteiger partial charge in [-0.25, -0.2) is 0 Å². The molecule has 1 aromatic carbocycles. The van der Waals surface area contributed by atoms with Crippen molar-refractivity contribution in [2.75, 3.05) is 13.1 Å². The Morgan fingerprint density at radius 1 is 1.16 bits per heavy atom. The van der Waals surface area contributed by atoms with Gasteiger partial charge < -0.3 is 9.84 Å². The Bertz CT molecular complexity index is 698. The van der Waals surface area contributed by atoms with Crippen molar-refractivity contribution in [2.24, 2.45) is 5.41 Å². The van der Waals surface area contributed by atoms with E-state index in [0.717, 1.165) is 37.5 Å². The molecule has 1 atom stereocenters. The second-order valence-corrected chi connectivity index (χ2v) is 7.88. The summed E-state index contributed by atoms with van der Waals surface area (Å²) in [5, 5.41) is 10.6. The van der Waals surface area contributed by atoms with Crippen LogP contribution >= 0.6 is 0 Å². The summed E-state index contributed by atoms with van der Waals surface area (Å²) in [4.78, 5) is 6.69. The molecule has 134 valence electrons. The molecule has 0 bridgehead atoms. The average molecular weight is 340 g/mol. The molecule has 1 aromatic heterocycles. The normalized spacial score (nSPS) is 23.4. The fourth-order valence-electron chi connectivity index (χ4n) is 3.29. The van der Waals surface area contributed by atoms with Gasteiger partial charge in [-0.1, -0.05) is 32.0 Å². The number of hydrogen-bond donors (Lipinski definition) is 1. The van der Waals surface area contributed by atoms with Crippen LogP contribution in [0, 0.1) is 5.41 Å². The highest BCUT2D eigenvalue weighted by atomic mass is 16.5. The average Bonchev–Trinajstić information content (AvgIpc) is 2.58. The van der Waals surface area contributed by atoms with Crippen LogP contribution in [0.3, 0.4) is 0 Å². The lowest BCUT2D eigenvalue weighted by Crippen LogP contribution is -2.55. The number of benzene rings is 1. The van der Waals surface area contributed by atoms with Gasteiger partial charge in [0, 0.05) is 31.2 Å². The zero-order valence-electron chi connectivity index (χ0n) is 15.4. The highest BCUT2D eigenvalue weighted by molar-refractivity contribution is 5.28. The standard InChI is InChI=1S/C21H28N2O2/c1-20(2)16-23(12-10-21(20,3)24)14-17-7-6-9-19(13-17)25-15-18-8-4-5-11-22-18/h4-9,11,13,24H,10,12,14-16H2,1-3H3/t21-/m1/s1. The van der Waals surface area contributed by atoms with Gasteiger partial charge in [0.15, 0.2) is 0 Å². The van der Waals surface area contributed by atoms with Gasteiger partial charge in [0.05, 0.1) is 11.3 Å². The minimum atomic E-state index is -0.600. The first-order valence-corrected chi connectivity index (χ1v) is 8.92. The maximum Gasteiger partial charge on any atom is 0.130 e. The Hall–Kier alpha value is -1.91. The molecule has 0 saturated carbocycles. The van der Waals surface area contributed by atoms with Crippen molar-refractivity contribution >= 4 is 0 Å². The molecule has 4 heteroatoms. The van der Waals surface area contributed by atoms with Crippen LogP contribution in [0.1, 0.15) is 38.4 Å². The van der Waals surface area contributed by atoms with Crippen LogP contribution in [0.4, 0.5) is 0 Å². The minimum absolute atomic E-state index is 0.113. The summed E-state index contributed by atoms with van der Waals surface area (Å²) in [5.74, 6) is 0.867. The Kier molecular flexibility index (Phi) is 5.11. The van der Waals surface area contributed by atoms with Gasteiger partial charge >= 0.3 is 0 Å². The molecule has 4 nitrogen and oxygen atoms in total. The first-order chi connectivity index (χ1) is 11.9. The second kappa shape index (κ2) is 7.14. The van der Waals surface area contributed by atoms with E-state index in [-0.39, 0.29) is 5.41 Å². The highest BCUT2D eigenvalue weighted by Crippen LogP contribution is 2.38. The number of aliphatic hydroxyl groups is 1. The number of nitrogens with zero attached hydrogens (tertiary/aromatic N) is 2. The number of likely N-dealkylation sites (tertiary alicyclic amines) is 1. The molecule has 0 aliphatic carbocycles. The summed E-state index contributed by atoms with van der Waals surface area (Å²) >= 11 is 0. The number of aromatic nitrogens is 1. The fraction of sp³-hybridized carbons (Fsp3) is 0.476. The number of piperidine rings is 1. The van der Waals surface area contributed by atoms with Crippen molar-refractivity contribution in [3.63, 3.8) is 0 Å². The van der Waals surface area contributed by atoms with E-state index in [0.29, 0.717) is 6.61 Å². The maximum absolute atomic E-state index is 10.6. The molecule has 1 N–H and O–H groups in total. The first kappa shape index (κ1) is 17.9. The van der Waals surface area contributed by atoms with E-state index < -0.39 is 5.60 Å². The van der Waals surface area contributed by atoms with Gasteiger partial charge in [-0.05, 0) is 43.2 Å². The molecule has 3 rings (SSSR count). The summed E-state index contributed by atoms with van der Waals surface area (Å²) in [7, 11) is 0. The lowest BCUT2D eigenvalue weighted by atomic mass is 9.71. The Morgan fingerprint density at radius 2 is 2.00 bits per heavy atom. The Labute approximate surface area is 150 Å². The molecular weight excluding hydrogens is 312 g/mol. The van der Waals surface area contributed by atoms with Crippen LogP contribution < -0.4 is 4.74 Å². The number of hydrogen-bond acceptors (Lipinski definition) is 4. The van der Waals surface area contributed by atoms with E-state index in [1.807, 2.05) is 37.3 Å². The zero-order valence-corrected chi connectivity index (χ0v) is 15.4. The van der Waals surface area contributed by atoms with Gasteiger partial charge in [0.2, 0.25) is 0 Å². The summed E-state index contributed by atoms with van der Waals surface area (Å²) in [5.41, 5.74) is 1.44. The summed E-state index contributed by atoms with van der Waals surface area (Å²) in [6.07, 6.45) is 2.58. The van der Waals surface area contributed by atoms with E-state index in [2.05, 4.69) is 35.9 Å². The lowest BCUT2D eigenvalue weighted by Gasteiger charge is -2.48. The molecule has 1 aliphatic rings. The van der Waals surface area contributed by atoms with Crippen LogP contribution in [0.25, 0.3) is 0 Å². The SMILES string of the molecule is CC1(C)CN(Cc2cccc(OCc3ccccn3)c2)CC[C@@]1(C)O. The third-order valence-electron chi connectivity index (χ3n) is 5.41. The van der Waals surface area contributed by atoms with Crippen LogP contribution in [0.15, 0.2) is 48.7 Å². The predicted molar refractivity (Wildman–Crippen MR) is 99.3 cm³/mol. The van der Waals surface area contributed by atoms with Crippen molar-refractivity contribution in [1.29, 1.82) is 0 Å². The monoisotopic (exact) mass is 340 g/mol. The molecule has 1 saturated heterocycles. The third-order valence-corrected chi connectivity index (χ3v) is 5.41. The van der Waals surface area contributed by atoms with Gasteiger partial charge in [0.1, 0.15) is 12.4 Å². The highest BCUT2D eigenvalue weighted by Gasteiger charge is 2.43. The van der Waals surface area contributed by atoms with E-state index in [9.17, 15) is 5.11 Å². The van der Waals surface area contributed by atoms with Crippen molar-refractivity contribution in [3.05, 3.63) is 59.9 Å². The number of rotatable bonds is 5. The molecule has 0 spiro atoms. The molecular formula is C21H28N2O2. The number of ether oxygens (including phenoxy) is 1. The van der Waals surface area contributed by atoms with Crippen molar-refractivity contribution in [3.8, 4) is 5.75 Å². The first-order valence-electron chi connectivity index (χ1n) is 8.92. The van der Waals surface area contributed by atoms with Gasteiger partial charge in [0.25, 0.3) is 0 Å². The molecule has 1 aliphatic heterocycles. The molecule has 0 radical (unpaired) electrons. The fourth-order valence-corrected chi connectivity index (χ4v) is 3.29. The molecule has 25 heavy (non-hydrogen) atoms. The zero-order chi connectivity index (χ0) is 17.9. The minimum Gasteiger partial charge on any atom is -0.487 e. The molecule has 2 heterocycles. The largest absolute Gasteiger partial charge is 0.487 e. The molecule has 0 unspecified atom stereocenters. The Balaban J connectivity index is 1.60.